The van der Waals surface area contributed by atoms with E-state index in [0.29, 0.717) is 6.42 Å². The molecule has 0 spiro atoms. The first-order valence-corrected chi connectivity index (χ1v) is 5.35. The normalized spacial score (nSPS) is 13.2. The third-order valence-electron chi connectivity index (χ3n) is 2.68. The molecule has 6 heteroatoms. The minimum Gasteiger partial charge on any atom is -0.469 e. The molecule has 0 amide bonds. The number of rotatable bonds is 3. The van der Waals surface area contributed by atoms with Crippen LogP contribution in [0.15, 0.2) is 18.2 Å². The molecule has 2 N–H and O–H groups in total. The van der Waals surface area contributed by atoms with Gasteiger partial charge in [0.15, 0.2) is 0 Å². The van der Waals surface area contributed by atoms with E-state index in [2.05, 4.69) is 4.74 Å². The fraction of sp³-hybridized carbons (Fsp3) is 0.417. The Morgan fingerprint density at radius 2 is 2.06 bits per heavy atom. The van der Waals surface area contributed by atoms with E-state index in [1.165, 1.54) is 7.11 Å². The van der Waals surface area contributed by atoms with E-state index in [4.69, 9.17) is 5.73 Å². The maximum atomic E-state index is 12.6. The van der Waals surface area contributed by atoms with Crippen LogP contribution in [0.2, 0.25) is 0 Å². The number of nitrogens with two attached hydrogens (primary N) is 1. The lowest BCUT2D eigenvalue weighted by Gasteiger charge is -2.17. The Morgan fingerprint density at radius 1 is 1.44 bits per heavy atom. The number of esters is 1. The maximum absolute atomic E-state index is 12.6. The van der Waals surface area contributed by atoms with Crippen molar-refractivity contribution in [2.45, 2.75) is 25.4 Å². The SMILES string of the molecule is CCC(C(=O)OC)c1cc(C(F)(F)F)ccc1N. The van der Waals surface area contributed by atoms with Crippen LogP contribution in [0.5, 0.6) is 0 Å². The molecule has 0 radical (unpaired) electrons. The molecular weight excluding hydrogens is 247 g/mol. The van der Waals surface area contributed by atoms with Crippen LogP contribution in [-0.4, -0.2) is 13.1 Å². The Bertz CT molecular complexity index is 443. The number of benzene rings is 1. The van der Waals surface area contributed by atoms with Gasteiger partial charge >= 0.3 is 12.1 Å². The summed E-state index contributed by atoms with van der Waals surface area (Å²) < 4.78 is 42.3. The molecule has 1 aromatic rings. The monoisotopic (exact) mass is 261 g/mol. The second kappa shape index (κ2) is 5.29. The van der Waals surface area contributed by atoms with Crippen molar-refractivity contribution in [1.29, 1.82) is 0 Å². The van der Waals surface area contributed by atoms with Crippen molar-refractivity contribution < 1.29 is 22.7 Å². The topological polar surface area (TPSA) is 52.3 Å². The molecule has 0 saturated carbocycles. The van der Waals surface area contributed by atoms with E-state index in [1.807, 2.05) is 0 Å². The summed E-state index contributed by atoms with van der Waals surface area (Å²) in [4.78, 5) is 11.5. The summed E-state index contributed by atoms with van der Waals surface area (Å²) in [7, 11) is 1.19. The van der Waals surface area contributed by atoms with Gasteiger partial charge in [-0.25, -0.2) is 0 Å². The molecule has 18 heavy (non-hydrogen) atoms. The predicted octanol–water partition coefficient (Wildman–Crippen LogP) is 2.95. The number of methoxy groups -OCH3 is 1. The summed E-state index contributed by atoms with van der Waals surface area (Å²) in [5, 5.41) is 0. The molecule has 1 atom stereocenters. The molecule has 0 saturated heterocycles. The molecule has 1 unspecified atom stereocenters. The number of hydrogen-bond acceptors (Lipinski definition) is 3. The van der Waals surface area contributed by atoms with Crippen LogP contribution >= 0.6 is 0 Å². The summed E-state index contributed by atoms with van der Waals surface area (Å²) >= 11 is 0. The first-order chi connectivity index (χ1) is 8.31. The Morgan fingerprint density at radius 3 is 2.50 bits per heavy atom. The van der Waals surface area contributed by atoms with Crippen LogP contribution in [0.4, 0.5) is 18.9 Å². The standard InChI is InChI=1S/C12H14F3NO2/c1-3-8(11(17)18-2)9-6-7(12(13,14)15)4-5-10(9)16/h4-6,8H,3,16H2,1-2H3. The lowest BCUT2D eigenvalue weighted by atomic mass is 9.93. The number of halogens is 3. The molecule has 0 aliphatic rings. The highest BCUT2D eigenvalue weighted by Crippen LogP contribution is 2.34. The van der Waals surface area contributed by atoms with Crippen molar-refractivity contribution >= 4 is 11.7 Å². The highest BCUT2D eigenvalue weighted by molar-refractivity contribution is 5.80. The van der Waals surface area contributed by atoms with E-state index in [1.54, 1.807) is 6.92 Å². The number of anilines is 1. The summed E-state index contributed by atoms with van der Waals surface area (Å²) in [6.07, 6.45) is -4.14. The number of nitrogen functional groups attached to an aromatic ring is 1. The second-order valence-corrected chi connectivity index (χ2v) is 3.83. The van der Waals surface area contributed by atoms with Gasteiger partial charge in [0, 0.05) is 5.69 Å². The third-order valence-corrected chi connectivity index (χ3v) is 2.68. The first-order valence-electron chi connectivity index (χ1n) is 5.35. The van der Waals surface area contributed by atoms with Crippen LogP contribution < -0.4 is 5.73 Å². The van der Waals surface area contributed by atoms with Gasteiger partial charge in [-0.1, -0.05) is 6.92 Å². The van der Waals surface area contributed by atoms with Crippen molar-refractivity contribution in [3.05, 3.63) is 29.3 Å². The van der Waals surface area contributed by atoms with E-state index < -0.39 is 23.6 Å². The minimum absolute atomic E-state index is 0.152. The zero-order chi connectivity index (χ0) is 13.9. The van der Waals surface area contributed by atoms with Crippen LogP contribution in [0.25, 0.3) is 0 Å². The average Bonchev–Trinajstić information content (AvgIpc) is 2.30. The molecule has 1 aromatic carbocycles. The van der Waals surface area contributed by atoms with E-state index >= 15 is 0 Å². The van der Waals surface area contributed by atoms with Crippen molar-refractivity contribution in [3.8, 4) is 0 Å². The van der Waals surface area contributed by atoms with Crippen LogP contribution in [0.3, 0.4) is 0 Å². The molecule has 0 bridgehead atoms. The summed E-state index contributed by atoms with van der Waals surface area (Å²) in [6.45, 7) is 1.68. The van der Waals surface area contributed by atoms with Crippen molar-refractivity contribution in [1.82, 2.24) is 0 Å². The summed E-state index contributed by atoms with van der Waals surface area (Å²) in [5.41, 5.74) is 5.11. The first kappa shape index (κ1) is 14.3. The van der Waals surface area contributed by atoms with Crippen LogP contribution in [0, 0.1) is 0 Å². The maximum Gasteiger partial charge on any atom is 0.416 e. The molecule has 100 valence electrons. The summed E-state index contributed by atoms with van der Waals surface area (Å²) in [6, 6.07) is 2.95. The molecule has 3 nitrogen and oxygen atoms in total. The van der Waals surface area contributed by atoms with E-state index in [9.17, 15) is 18.0 Å². The molecular formula is C12H14F3NO2. The lowest BCUT2D eigenvalue weighted by Crippen LogP contribution is -2.16. The second-order valence-electron chi connectivity index (χ2n) is 3.83. The fourth-order valence-corrected chi connectivity index (χ4v) is 1.71. The number of carbonyl (C=O) groups is 1. The Hall–Kier alpha value is -1.72. The van der Waals surface area contributed by atoms with Gasteiger partial charge in [0.25, 0.3) is 0 Å². The van der Waals surface area contributed by atoms with Gasteiger partial charge in [0.05, 0.1) is 18.6 Å². The zero-order valence-electron chi connectivity index (χ0n) is 10.0. The quantitative estimate of drug-likeness (QED) is 0.672. The number of hydrogen-bond donors (Lipinski definition) is 1. The zero-order valence-corrected chi connectivity index (χ0v) is 10.0. The van der Waals surface area contributed by atoms with Gasteiger partial charge < -0.3 is 10.5 Å². The van der Waals surface area contributed by atoms with Gasteiger partial charge in [-0.3, -0.25) is 4.79 Å². The van der Waals surface area contributed by atoms with E-state index in [0.717, 1.165) is 18.2 Å². The van der Waals surface area contributed by atoms with Crippen LogP contribution in [-0.2, 0) is 15.7 Å². The third kappa shape index (κ3) is 2.94. The number of carbonyl (C=O) groups excluding carboxylic acids is 1. The van der Waals surface area contributed by atoms with Crippen molar-refractivity contribution in [3.63, 3.8) is 0 Å². The van der Waals surface area contributed by atoms with Gasteiger partial charge in [-0.05, 0) is 30.2 Å². The average molecular weight is 261 g/mol. The molecule has 0 fully saturated rings. The Balaban J connectivity index is 3.26. The van der Waals surface area contributed by atoms with Gasteiger partial charge in [0.2, 0.25) is 0 Å². The predicted molar refractivity (Wildman–Crippen MR) is 60.9 cm³/mol. The molecule has 0 aliphatic carbocycles. The smallest absolute Gasteiger partial charge is 0.416 e. The fourth-order valence-electron chi connectivity index (χ4n) is 1.71. The number of alkyl halides is 3. The molecule has 0 aromatic heterocycles. The van der Waals surface area contributed by atoms with Gasteiger partial charge in [-0.2, -0.15) is 13.2 Å². The van der Waals surface area contributed by atoms with Gasteiger partial charge in [0.1, 0.15) is 0 Å². The van der Waals surface area contributed by atoms with E-state index in [-0.39, 0.29) is 11.3 Å². The highest BCUT2D eigenvalue weighted by atomic mass is 19.4. The van der Waals surface area contributed by atoms with Gasteiger partial charge in [-0.15, -0.1) is 0 Å². The van der Waals surface area contributed by atoms with Crippen molar-refractivity contribution in [2.24, 2.45) is 0 Å². The van der Waals surface area contributed by atoms with Crippen LogP contribution in [0.1, 0.15) is 30.4 Å². The molecule has 1 rings (SSSR count). The Labute approximate surface area is 103 Å². The lowest BCUT2D eigenvalue weighted by molar-refractivity contribution is -0.143. The van der Waals surface area contributed by atoms with Crippen molar-refractivity contribution in [2.75, 3.05) is 12.8 Å². The highest BCUT2D eigenvalue weighted by Gasteiger charge is 2.32. The number of ether oxygens (including phenoxy) is 1. The summed E-state index contributed by atoms with van der Waals surface area (Å²) in [5.74, 6) is -1.37. The molecule has 0 aliphatic heterocycles. The Kier molecular flexibility index (Phi) is 4.21. The minimum atomic E-state index is -4.46. The molecule has 0 heterocycles. The largest absolute Gasteiger partial charge is 0.469 e.